The molecule has 2 aliphatic rings. The fourth-order valence-electron chi connectivity index (χ4n) is 5.20. The van der Waals surface area contributed by atoms with Crippen LogP contribution in [0.5, 0.6) is 11.5 Å². The van der Waals surface area contributed by atoms with Gasteiger partial charge in [-0.25, -0.2) is 0 Å². The average molecular weight is 500 g/mol. The molecule has 1 aliphatic carbocycles. The van der Waals surface area contributed by atoms with Crippen LogP contribution in [0.2, 0.25) is 0 Å². The van der Waals surface area contributed by atoms with Gasteiger partial charge in [-0.15, -0.1) is 11.3 Å². The van der Waals surface area contributed by atoms with Crippen LogP contribution >= 0.6 is 11.3 Å². The van der Waals surface area contributed by atoms with Crippen LogP contribution in [-0.4, -0.2) is 23.1 Å². The van der Waals surface area contributed by atoms with Gasteiger partial charge in [-0.1, -0.05) is 42.5 Å². The number of rotatable bonds is 6. The number of nitrogens with one attached hydrogen (secondary N) is 3. The van der Waals surface area contributed by atoms with E-state index in [1.54, 1.807) is 18.4 Å². The molecular weight excluding hydrogens is 474 g/mol. The Morgan fingerprint density at radius 2 is 1.83 bits per heavy atom. The number of benzene rings is 2. The van der Waals surface area contributed by atoms with E-state index in [9.17, 15) is 9.59 Å². The van der Waals surface area contributed by atoms with Gasteiger partial charge < -0.3 is 14.8 Å². The maximum absolute atomic E-state index is 13.6. The van der Waals surface area contributed by atoms with Crippen LogP contribution in [0.4, 0.5) is 5.82 Å². The minimum atomic E-state index is -0.506. The number of aromatic amines is 2. The van der Waals surface area contributed by atoms with Gasteiger partial charge in [0, 0.05) is 34.4 Å². The first-order valence-electron chi connectivity index (χ1n) is 11.8. The number of fused-ring (bicyclic) bond motifs is 1. The quantitative estimate of drug-likeness (QED) is 0.334. The molecule has 36 heavy (non-hydrogen) atoms. The Balaban J connectivity index is 1.41. The Morgan fingerprint density at radius 3 is 2.61 bits per heavy atom. The Hall–Kier alpha value is -4.04. The van der Waals surface area contributed by atoms with E-state index >= 15 is 0 Å². The van der Waals surface area contributed by atoms with Crippen LogP contribution < -0.4 is 20.3 Å². The number of ketones is 1. The summed E-state index contributed by atoms with van der Waals surface area (Å²) in [7, 11) is 1.60. The van der Waals surface area contributed by atoms with Crippen molar-refractivity contribution in [3.8, 4) is 11.5 Å². The molecule has 6 rings (SSSR count). The summed E-state index contributed by atoms with van der Waals surface area (Å²) in [6, 6.07) is 19.6. The predicted octanol–water partition coefficient (Wildman–Crippen LogP) is 5.31. The zero-order valence-corrected chi connectivity index (χ0v) is 20.5. The van der Waals surface area contributed by atoms with E-state index in [0.717, 1.165) is 16.8 Å². The molecule has 2 atom stereocenters. The van der Waals surface area contributed by atoms with Gasteiger partial charge in [-0.2, -0.15) is 0 Å². The Morgan fingerprint density at radius 1 is 0.972 bits per heavy atom. The second-order valence-electron chi connectivity index (χ2n) is 9.05. The maximum atomic E-state index is 13.6. The van der Waals surface area contributed by atoms with E-state index in [2.05, 4.69) is 21.6 Å². The summed E-state index contributed by atoms with van der Waals surface area (Å²) in [5.74, 6) is 1.43. The number of anilines is 1. The topological polar surface area (TPSA) is 96.2 Å². The molecule has 8 heteroatoms. The average Bonchev–Trinajstić information content (AvgIpc) is 3.57. The third-order valence-electron chi connectivity index (χ3n) is 6.88. The van der Waals surface area contributed by atoms with E-state index in [0.29, 0.717) is 47.9 Å². The van der Waals surface area contributed by atoms with Crippen LogP contribution in [0.1, 0.15) is 46.2 Å². The number of hydrogen-bond acceptors (Lipinski definition) is 6. The highest BCUT2D eigenvalue weighted by molar-refractivity contribution is 7.10. The fourth-order valence-corrected chi connectivity index (χ4v) is 6.03. The lowest BCUT2D eigenvalue weighted by Crippen LogP contribution is -2.31. The summed E-state index contributed by atoms with van der Waals surface area (Å²) in [5, 5.41) is 11.0. The van der Waals surface area contributed by atoms with E-state index in [1.807, 2.05) is 60.0 Å². The molecule has 182 valence electrons. The highest BCUT2D eigenvalue weighted by Gasteiger charge is 2.40. The molecule has 3 heterocycles. The molecule has 0 unspecified atom stereocenters. The second-order valence-corrected chi connectivity index (χ2v) is 10.0. The summed E-state index contributed by atoms with van der Waals surface area (Å²) in [4.78, 5) is 27.7. The van der Waals surface area contributed by atoms with Gasteiger partial charge in [0.15, 0.2) is 17.3 Å². The summed E-state index contributed by atoms with van der Waals surface area (Å²) in [5.41, 5.74) is 3.62. The number of thiophene rings is 1. The van der Waals surface area contributed by atoms with Crippen molar-refractivity contribution in [2.45, 2.75) is 31.3 Å². The maximum Gasteiger partial charge on any atom is 0.270 e. The Kier molecular flexibility index (Phi) is 5.73. The van der Waals surface area contributed by atoms with Crippen molar-refractivity contribution in [1.82, 2.24) is 10.2 Å². The Bertz CT molecular complexity index is 1500. The first kappa shape index (κ1) is 22.4. The number of hydrogen-bond donors (Lipinski definition) is 3. The van der Waals surface area contributed by atoms with Crippen LogP contribution in [0, 0.1) is 0 Å². The molecule has 0 amide bonds. The number of allylic oxidation sites excluding steroid dienone is 2. The summed E-state index contributed by atoms with van der Waals surface area (Å²) < 4.78 is 11.7. The predicted molar refractivity (Wildman–Crippen MR) is 139 cm³/mol. The van der Waals surface area contributed by atoms with E-state index in [-0.39, 0.29) is 17.3 Å². The Labute approximate surface area is 211 Å². The van der Waals surface area contributed by atoms with Crippen molar-refractivity contribution in [2.75, 3.05) is 12.4 Å². The molecule has 3 N–H and O–H groups in total. The molecule has 0 saturated carbocycles. The lowest BCUT2D eigenvalue weighted by atomic mass is 9.74. The van der Waals surface area contributed by atoms with Gasteiger partial charge in [0.1, 0.15) is 12.4 Å². The zero-order chi connectivity index (χ0) is 24.6. The minimum Gasteiger partial charge on any atom is -0.493 e. The zero-order valence-electron chi connectivity index (χ0n) is 19.7. The molecular formula is C28H25N3O4S. The smallest absolute Gasteiger partial charge is 0.270 e. The lowest BCUT2D eigenvalue weighted by molar-refractivity contribution is -0.116. The van der Waals surface area contributed by atoms with Gasteiger partial charge in [-0.05, 0) is 41.1 Å². The largest absolute Gasteiger partial charge is 0.493 e. The summed E-state index contributed by atoms with van der Waals surface area (Å²) in [6.45, 7) is 0.373. The number of Topliss-reactive ketones (excluding diaryl/α,β-unsaturated/α-hetero) is 1. The lowest BCUT2D eigenvalue weighted by Gasteiger charge is -2.34. The molecule has 0 radical (unpaired) electrons. The normalized spacial score (nSPS) is 18.9. The van der Waals surface area contributed by atoms with Crippen molar-refractivity contribution < 1.29 is 14.3 Å². The highest BCUT2D eigenvalue weighted by Crippen LogP contribution is 2.48. The number of ether oxygens (including phenoxy) is 2. The molecule has 1 aliphatic heterocycles. The molecule has 0 fully saturated rings. The van der Waals surface area contributed by atoms with E-state index in [1.165, 1.54) is 4.88 Å². The van der Waals surface area contributed by atoms with Crippen LogP contribution in [0.3, 0.4) is 0 Å². The first-order chi connectivity index (χ1) is 17.6. The minimum absolute atomic E-state index is 0.0565. The fraction of sp³-hybridized carbons (Fsp3) is 0.214. The van der Waals surface area contributed by atoms with Gasteiger partial charge in [-0.3, -0.25) is 19.8 Å². The molecule has 4 aromatic rings. The van der Waals surface area contributed by atoms with Crippen molar-refractivity contribution in [3.05, 3.63) is 109 Å². The highest BCUT2D eigenvalue weighted by atomic mass is 32.1. The standard InChI is InChI=1S/C28H25N3O4S/c1-34-21-10-9-17(14-22(21)35-15-16-6-3-2-4-7-16)24-25-19(29-27-26(24)28(33)31-30-27)12-18(13-20(25)32)23-8-5-11-36-23/h2-11,14,18,24H,12-13,15H2,1H3,(H3,29,30,31,33)/t18-,24-/m0/s1. The SMILES string of the molecule is COc1ccc([C@H]2C3=C(C[C@H](c4cccs4)CC3=O)Nc3[nH][nH]c(=O)c32)cc1OCc1ccccc1. The molecule has 2 aromatic heterocycles. The monoisotopic (exact) mass is 499 g/mol. The number of carbonyl (C=O) groups excluding carboxylic acids is 1. The van der Waals surface area contributed by atoms with Crippen LogP contribution in [0.15, 0.2) is 82.1 Å². The molecule has 0 saturated heterocycles. The molecule has 0 bridgehead atoms. The number of aromatic nitrogens is 2. The number of H-pyrrole nitrogens is 2. The third-order valence-corrected chi connectivity index (χ3v) is 7.91. The molecule has 2 aromatic carbocycles. The second kappa shape index (κ2) is 9.20. The van der Waals surface area contributed by atoms with Crippen molar-refractivity contribution in [2.24, 2.45) is 0 Å². The molecule has 0 spiro atoms. The van der Waals surface area contributed by atoms with E-state index < -0.39 is 5.92 Å². The summed E-state index contributed by atoms with van der Waals surface area (Å²) in [6.07, 6.45) is 1.13. The number of methoxy groups -OCH3 is 1. The first-order valence-corrected chi connectivity index (χ1v) is 12.7. The van der Waals surface area contributed by atoms with Gasteiger partial charge in [0.05, 0.1) is 12.7 Å². The van der Waals surface area contributed by atoms with Crippen LogP contribution in [0.25, 0.3) is 0 Å². The third kappa shape index (κ3) is 3.93. The summed E-state index contributed by atoms with van der Waals surface area (Å²) >= 11 is 1.67. The van der Waals surface area contributed by atoms with Gasteiger partial charge in [0.2, 0.25) is 0 Å². The molecule has 7 nitrogen and oxygen atoms in total. The van der Waals surface area contributed by atoms with Crippen LogP contribution in [-0.2, 0) is 11.4 Å². The van der Waals surface area contributed by atoms with Gasteiger partial charge in [0.25, 0.3) is 5.56 Å². The van der Waals surface area contributed by atoms with E-state index in [4.69, 9.17) is 9.47 Å². The van der Waals surface area contributed by atoms with Gasteiger partial charge >= 0.3 is 0 Å². The van der Waals surface area contributed by atoms with Crippen molar-refractivity contribution in [3.63, 3.8) is 0 Å². The van der Waals surface area contributed by atoms with Crippen molar-refractivity contribution >= 4 is 22.9 Å². The number of carbonyl (C=O) groups is 1. The van der Waals surface area contributed by atoms with Crippen molar-refractivity contribution in [1.29, 1.82) is 0 Å².